The van der Waals surface area contributed by atoms with Crippen molar-refractivity contribution in [3.63, 3.8) is 0 Å². The van der Waals surface area contributed by atoms with Crippen LogP contribution in [0.5, 0.6) is 0 Å². The molecule has 1 aromatic carbocycles. The Balaban J connectivity index is 2.35. The average Bonchev–Trinajstić information content (AvgIpc) is 2.77. The topological polar surface area (TPSA) is 55.1 Å². The fraction of sp³-hybridized carbons (Fsp3) is 0.0833. The third kappa shape index (κ3) is 1.95. The van der Waals surface area contributed by atoms with Gasteiger partial charge in [0.05, 0.1) is 0 Å². The first-order valence-corrected chi connectivity index (χ1v) is 4.74. The molecule has 0 bridgehead atoms. The molecule has 0 saturated heterocycles. The molecule has 1 aromatic heterocycles. The zero-order chi connectivity index (χ0) is 11.5. The van der Waals surface area contributed by atoms with Crippen molar-refractivity contribution in [1.82, 2.24) is 10.3 Å². The van der Waals surface area contributed by atoms with Gasteiger partial charge in [0.15, 0.2) is 5.69 Å². The second-order valence-electron chi connectivity index (χ2n) is 3.24. The molecule has 0 atom stereocenters. The van der Waals surface area contributed by atoms with Crippen LogP contribution in [0.25, 0.3) is 11.5 Å². The molecule has 2 radical (unpaired) electrons. The van der Waals surface area contributed by atoms with Crippen LogP contribution in [0.3, 0.4) is 0 Å². The number of carbonyl (C=O) groups excluding carboxylic acids is 1. The summed E-state index contributed by atoms with van der Waals surface area (Å²) in [5, 5.41) is 2.47. The molecule has 1 amide bonds. The van der Waals surface area contributed by atoms with E-state index in [1.165, 1.54) is 13.3 Å². The SMILES string of the molecule is [CH]c1cccc(-c2nc(C(=O)NC)co2)c1. The summed E-state index contributed by atoms with van der Waals surface area (Å²) in [4.78, 5) is 15.3. The van der Waals surface area contributed by atoms with Crippen molar-refractivity contribution in [2.24, 2.45) is 0 Å². The van der Waals surface area contributed by atoms with Gasteiger partial charge in [0.2, 0.25) is 5.89 Å². The lowest BCUT2D eigenvalue weighted by Crippen LogP contribution is -2.17. The first-order valence-electron chi connectivity index (χ1n) is 4.74. The predicted molar refractivity (Wildman–Crippen MR) is 58.7 cm³/mol. The summed E-state index contributed by atoms with van der Waals surface area (Å²) in [6.07, 6.45) is 1.32. The molecule has 0 unspecified atom stereocenters. The maximum Gasteiger partial charge on any atom is 0.272 e. The molecule has 4 nitrogen and oxygen atoms in total. The third-order valence-electron chi connectivity index (χ3n) is 2.10. The second-order valence-corrected chi connectivity index (χ2v) is 3.24. The highest BCUT2D eigenvalue weighted by atomic mass is 16.3. The number of benzene rings is 1. The highest BCUT2D eigenvalue weighted by molar-refractivity contribution is 5.92. The van der Waals surface area contributed by atoms with Gasteiger partial charge in [-0.3, -0.25) is 4.79 Å². The Morgan fingerprint density at radius 2 is 2.31 bits per heavy atom. The van der Waals surface area contributed by atoms with E-state index in [1.807, 2.05) is 6.07 Å². The molecule has 0 fully saturated rings. The lowest BCUT2D eigenvalue weighted by molar-refractivity contribution is 0.0958. The standard InChI is InChI=1S/C12H10N2O2/c1-8-4-3-5-9(6-8)12-14-10(7-16-12)11(15)13-2/h1,3-7H,2H3,(H,13,15). The van der Waals surface area contributed by atoms with E-state index in [-0.39, 0.29) is 11.6 Å². The van der Waals surface area contributed by atoms with Crippen molar-refractivity contribution in [2.75, 3.05) is 7.05 Å². The highest BCUT2D eigenvalue weighted by Gasteiger charge is 2.11. The van der Waals surface area contributed by atoms with Crippen molar-refractivity contribution < 1.29 is 9.21 Å². The number of aromatic nitrogens is 1. The fourth-order valence-corrected chi connectivity index (χ4v) is 1.31. The molecule has 16 heavy (non-hydrogen) atoms. The lowest BCUT2D eigenvalue weighted by Gasteiger charge is -1.96. The van der Waals surface area contributed by atoms with Crippen molar-refractivity contribution >= 4 is 5.91 Å². The maximum atomic E-state index is 11.3. The van der Waals surface area contributed by atoms with Crippen LogP contribution in [0.1, 0.15) is 16.1 Å². The molecule has 4 heteroatoms. The van der Waals surface area contributed by atoms with Gasteiger partial charge in [-0.25, -0.2) is 4.98 Å². The summed E-state index contributed by atoms with van der Waals surface area (Å²) in [6.45, 7) is 5.64. The quantitative estimate of drug-likeness (QED) is 0.828. The Morgan fingerprint density at radius 1 is 1.50 bits per heavy atom. The van der Waals surface area contributed by atoms with E-state index in [2.05, 4.69) is 10.3 Å². The molecule has 0 saturated carbocycles. The van der Waals surface area contributed by atoms with E-state index in [1.54, 1.807) is 18.2 Å². The van der Waals surface area contributed by atoms with Crippen molar-refractivity contribution in [3.05, 3.63) is 48.7 Å². The normalized spacial score (nSPS) is 10.1. The van der Waals surface area contributed by atoms with Gasteiger partial charge < -0.3 is 9.73 Å². The highest BCUT2D eigenvalue weighted by Crippen LogP contribution is 2.19. The maximum absolute atomic E-state index is 11.3. The van der Waals surface area contributed by atoms with Gasteiger partial charge in [-0.2, -0.15) is 0 Å². The minimum absolute atomic E-state index is 0.250. The minimum atomic E-state index is -0.279. The minimum Gasteiger partial charge on any atom is -0.444 e. The number of rotatable bonds is 2. The van der Waals surface area contributed by atoms with Gasteiger partial charge in [0.25, 0.3) is 5.91 Å². The van der Waals surface area contributed by atoms with E-state index < -0.39 is 0 Å². The predicted octanol–water partition coefficient (Wildman–Crippen LogP) is 1.76. The Hall–Kier alpha value is -2.10. The van der Waals surface area contributed by atoms with Gasteiger partial charge in [-0.05, 0) is 24.6 Å². The molecule has 0 aliphatic rings. The van der Waals surface area contributed by atoms with E-state index in [4.69, 9.17) is 11.3 Å². The summed E-state index contributed by atoms with van der Waals surface area (Å²) in [7, 11) is 1.54. The smallest absolute Gasteiger partial charge is 0.272 e. The van der Waals surface area contributed by atoms with Gasteiger partial charge >= 0.3 is 0 Å². The zero-order valence-corrected chi connectivity index (χ0v) is 8.73. The number of nitrogens with one attached hydrogen (secondary N) is 1. The number of hydrogen-bond acceptors (Lipinski definition) is 3. The Bertz CT molecular complexity index is 517. The number of amides is 1. The Morgan fingerprint density at radius 3 is 3.00 bits per heavy atom. The Kier molecular flexibility index (Phi) is 2.72. The van der Waals surface area contributed by atoms with Crippen LogP contribution in [0.4, 0.5) is 0 Å². The number of hydrogen-bond donors (Lipinski definition) is 1. The van der Waals surface area contributed by atoms with Crippen LogP contribution in [-0.4, -0.2) is 17.9 Å². The molecule has 1 N–H and O–H groups in total. The molecule has 0 aliphatic heterocycles. The molecular formula is C12H10N2O2. The zero-order valence-electron chi connectivity index (χ0n) is 8.73. The van der Waals surface area contributed by atoms with Gasteiger partial charge in [-0.15, -0.1) is 0 Å². The second kappa shape index (κ2) is 4.18. The molecule has 0 spiro atoms. The summed E-state index contributed by atoms with van der Waals surface area (Å²) in [6, 6.07) is 7.12. The van der Waals surface area contributed by atoms with Gasteiger partial charge in [0, 0.05) is 12.6 Å². The lowest BCUT2D eigenvalue weighted by atomic mass is 10.1. The summed E-state index contributed by atoms with van der Waals surface area (Å²) < 4.78 is 5.20. The van der Waals surface area contributed by atoms with Crippen LogP contribution in [0.15, 0.2) is 34.9 Å². The van der Waals surface area contributed by atoms with Crippen molar-refractivity contribution in [3.8, 4) is 11.5 Å². The van der Waals surface area contributed by atoms with Gasteiger partial charge in [0.1, 0.15) is 6.26 Å². The van der Waals surface area contributed by atoms with E-state index >= 15 is 0 Å². The van der Waals surface area contributed by atoms with E-state index in [0.29, 0.717) is 11.5 Å². The summed E-state index contributed by atoms with van der Waals surface area (Å²) >= 11 is 0. The van der Waals surface area contributed by atoms with Crippen LogP contribution < -0.4 is 5.32 Å². The fourth-order valence-electron chi connectivity index (χ4n) is 1.31. The van der Waals surface area contributed by atoms with Crippen LogP contribution >= 0.6 is 0 Å². The third-order valence-corrected chi connectivity index (χ3v) is 2.10. The summed E-state index contributed by atoms with van der Waals surface area (Å²) in [5.41, 5.74) is 1.62. The molecule has 80 valence electrons. The van der Waals surface area contributed by atoms with Crippen molar-refractivity contribution in [2.45, 2.75) is 0 Å². The van der Waals surface area contributed by atoms with Crippen LogP contribution in [0, 0.1) is 6.92 Å². The van der Waals surface area contributed by atoms with Crippen LogP contribution in [0.2, 0.25) is 0 Å². The number of nitrogens with zero attached hydrogens (tertiary/aromatic N) is 1. The molecule has 2 aromatic rings. The largest absolute Gasteiger partial charge is 0.444 e. The molecule has 0 aliphatic carbocycles. The monoisotopic (exact) mass is 214 g/mol. The molecule has 1 heterocycles. The number of carbonyl (C=O) groups is 1. The summed E-state index contributed by atoms with van der Waals surface area (Å²) in [5.74, 6) is 0.102. The van der Waals surface area contributed by atoms with E-state index in [0.717, 1.165) is 5.56 Å². The van der Waals surface area contributed by atoms with Crippen LogP contribution in [-0.2, 0) is 0 Å². The van der Waals surface area contributed by atoms with Crippen molar-refractivity contribution in [1.29, 1.82) is 0 Å². The average molecular weight is 214 g/mol. The Labute approximate surface area is 93.3 Å². The van der Waals surface area contributed by atoms with Gasteiger partial charge in [-0.1, -0.05) is 12.1 Å². The molecular weight excluding hydrogens is 204 g/mol. The van der Waals surface area contributed by atoms with E-state index in [9.17, 15) is 4.79 Å². The molecule has 2 rings (SSSR count). The first-order chi connectivity index (χ1) is 7.70. The first kappa shape index (κ1) is 10.4. The number of oxazole rings is 1.